The summed E-state index contributed by atoms with van der Waals surface area (Å²) in [5, 5.41) is 11.8. The molecule has 0 aliphatic heterocycles. The van der Waals surface area contributed by atoms with Crippen LogP contribution < -0.4 is 16.6 Å². The van der Waals surface area contributed by atoms with Gasteiger partial charge >= 0.3 is 11.7 Å². The number of rotatable bonds is 6. The quantitative estimate of drug-likeness (QED) is 0.758. The van der Waals surface area contributed by atoms with Gasteiger partial charge in [-0.25, -0.2) is 14.6 Å². The van der Waals surface area contributed by atoms with Gasteiger partial charge in [-0.3, -0.25) is 18.7 Å². The van der Waals surface area contributed by atoms with Gasteiger partial charge in [0.2, 0.25) is 0 Å². The van der Waals surface area contributed by atoms with Crippen LogP contribution in [0.5, 0.6) is 0 Å². The average Bonchev–Trinajstić information content (AvgIpc) is 2.60. The third-order valence-corrected chi connectivity index (χ3v) is 3.98. The lowest BCUT2D eigenvalue weighted by Crippen LogP contribution is -2.41. The maximum atomic E-state index is 12.3. The predicted octanol–water partition coefficient (Wildman–Crippen LogP) is 0.00540. The molecule has 0 spiro atoms. The van der Waals surface area contributed by atoms with Crippen molar-refractivity contribution in [1.29, 1.82) is 0 Å². The Bertz CT molecular complexity index is 944. The van der Waals surface area contributed by atoms with E-state index in [0.717, 1.165) is 11.0 Å². The highest BCUT2D eigenvalue weighted by atomic mass is 16.4. The summed E-state index contributed by atoms with van der Waals surface area (Å²) in [6.07, 6.45) is 1.77. The van der Waals surface area contributed by atoms with Crippen molar-refractivity contribution in [2.45, 2.75) is 32.2 Å². The summed E-state index contributed by atoms with van der Waals surface area (Å²) >= 11 is 0. The van der Waals surface area contributed by atoms with E-state index in [0.29, 0.717) is 12.8 Å². The summed E-state index contributed by atoms with van der Waals surface area (Å²) in [4.78, 5) is 51.7. The first-order valence-electron chi connectivity index (χ1n) is 7.88. The molecular weight excluding hydrogens is 328 g/mol. The lowest BCUT2D eigenvalue weighted by atomic mass is 10.1. The summed E-state index contributed by atoms with van der Waals surface area (Å²) in [5.41, 5.74) is -1.06. The maximum absolute atomic E-state index is 12.3. The number of aryl methyl sites for hydroxylation is 1. The molecular formula is C16H20N4O5. The fourth-order valence-electron chi connectivity index (χ4n) is 2.48. The molecule has 0 bridgehead atoms. The second-order valence-electron chi connectivity index (χ2n) is 5.78. The highest BCUT2D eigenvalue weighted by Gasteiger charge is 2.21. The highest BCUT2D eigenvalue weighted by molar-refractivity contribution is 5.96. The molecule has 2 N–H and O–H groups in total. The van der Waals surface area contributed by atoms with Crippen molar-refractivity contribution >= 4 is 22.9 Å². The number of carbonyl (C=O) groups is 2. The van der Waals surface area contributed by atoms with Crippen LogP contribution in [0.4, 0.5) is 0 Å². The standard InChI is InChI=1S/C16H20N4O5/c1-4-5-6-11(15(23)24)18-13(21)10-8-7-9-12(17-10)19(2)16(25)20(3)14(9)22/h7-8,11H,4-6H2,1-3H3,(H,18,21)(H,23,24). The van der Waals surface area contributed by atoms with E-state index in [-0.39, 0.29) is 16.7 Å². The number of nitrogens with zero attached hydrogens (tertiary/aromatic N) is 3. The summed E-state index contributed by atoms with van der Waals surface area (Å²) in [6, 6.07) is 1.72. The topological polar surface area (TPSA) is 123 Å². The first-order chi connectivity index (χ1) is 11.8. The van der Waals surface area contributed by atoms with E-state index in [1.54, 1.807) is 0 Å². The molecule has 2 rings (SSSR count). The van der Waals surface area contributed by atoms with Gasteiger partial charge in [-0.15, -0.1) is 0 Å². The Morgan fingerprint density at radius 3 is 2.52 bits per heavy atom. The molecule has 2 aromatic heterocycles. The Morgan fingerprint density at radius 1 is 1.24 bits per heavy atom. The minimum Gasteiger partial charge on any atom is -0.480 e. The average molecular weight is 348 g/mol. The molecule has 0 aliphatic carbocycles. The van der Waals surface area contributed by atoms with Crippen LogP contribution in [-0.2, 0) is 18.9 Å². The van der Waals surface area contributed by atoms with E-state index < -0.39 is 29.2 Å². The number of amides is 1. The summed E-state index contributed by atoms with van der Waals surface area (Å²) in [7, 11) is 2.80. The SMILES string of the molecule is CCCCC(NC(=O)c1ccc2c(=O)n(C)c(=O)n(C)c2n1)C(=O)O. The van der Waals surface area contributed by atoms with Crippen LogP contribution in [0.3, 0.4) is 0 Å². The van der Waals surface area contributed by atoms with Gasteiger partial charge in [-0.1, -0.05) is 19.8 Å². The van der Waals surface area contributed by atoms with Gasteiger partial charge in [0.05, 0.1) is 5.39 Å². The number of carbonyl (C=O) groups excluding carboxylic acids is 1. The van der Waals surface area contributed by atoms with E-state index in [1.807, 2.05) is 6.92 Å². The lowest BCUT2D eigenvalue weighted by Gasteiger charge is -2.14. The molecule has 9 heteroatoms. The first-order valence-corrected chi connectivity index (χ1v) is 7.88. The van der Waals surface area contributed by atoms with Crippen molar-refractivity contribution in [3.63, 3.8) is 0 Å². The second kappa shape index (κ2) is 7.29. The molecule has 1 amide bonds. The van der Waals surface area contributed by atoms with Crippen LogP contribution in [-0.4, -0.2) is 37.1 Å². The van der Waals surface area contributed by atoms with E-state index in [4.69, 9.17) is 0 Å². The van der Waals surface area contributed by atoms with Gasteiger partial charge in [0.15, 0.2) is 0 Å². The molecule has 1 atom stereocenters. The van der Waals surface area contributed by atoms with Crippen molar-refractivity contribution in [1.82, 2.24) is 19.4 Å². The van der Waals surface area contributed by atoms with Crippen LogP contribution in [0, 0.1) is 0 Å². The van der Waals surface area contributed by atoms with Crippen molar-refractivity contribution in [2.75, 3.05) is 0 Å². The smallest absolute Gasteiger partial charge is 0.332 e. The van der Waals surface area contributed by atoms with Gasteiger partial charge in [0, 0.05) is 14.1 Å². The number of hydrogen-bond donors (Lipinski definition) is 2. The maximum Gasteiger partial charge on any atom is 0.332 e. The van der Waals surface area contributed by atoms with Gasteiger partial charge in [0.1, 0.15) is 17.4 Å². The number of hydrogen-bond acceptors (Lipinski definition) is 5. The monoisotopic (exact) mass is 348 g/mol. The summed E-state index contributed by atoms with van der Waals surface area (Å²) < 4.78 is 2.12. The Hall–Kier alpha value is -2.97. The molecule has 0 aromatic carbocycles. The Morgan fingerprint density at radius 2 is 1.92 bits per heavy atom. The number of aromatic nitrogens is 3. The zero-order valence-electron chi connectivity index (χ0n) is 14.3. The second-order valence-corrected chi connectivity index (χ2v) is 5.78. The highest BCUT2D eigenvalue weighted by Crippen LogP contribution is 2.08. The fourth-order valence-corrected chi connectivity index (χ4v) is 2.48. The molecule has 0 radical (unpaired) electrons. The van der Waals surface area contributed by atoms with Gasteiger partial charge < -0.3 is 10.4 Å². The largest absolute Gasteiger partial charge is 0.480 e. The van der Waals surface area contributed by atoms with Crippen molar-refractivity contribution in [2.24, 2.45) is 14.1 Å². The van der Waals surface area contributed by atoms with E-state index in [1.165, 1.54) is 30.8 Å². The molecule has 0 aliphatic rings. The normalized spacial score (nSPS) is 12.1. The minimum atomic E-state index is -1.12. The molecule has 25 heavy (non-hydrogen) atoms. The first kappa shape index (κ1) is 18.4. The number of unbranched alkanes of at least 4 members (excludes halogenated alkanes) is 1. The molecule has 0 saturated heterocycles. The molecule has 0 saturated carbocycles. The molecule has 0 fully saturated rings. The van der Waals surface area contributed by atoms with Crippen molar-refractivity contribution < 1.29 is 14.7 Å². The number of aliphatic carboxylic acids is 1. The summed E-state index contributed by atoms with van der Waals surface area (Å²) in [6.45, 7) is 1.92. The van der Waals surface area contributed by atoms with Crippen LogP contribution in [0.2, 0.25) is 0 Å². The number of pyridine rings is 1. The van der Waals surface area contributed by atoms with Crippen LogP contribution in [0.1, 0.15) is 36.7 Å². The minimum absolute atomic E-state index is 0.0569. The molecule has 2 heterocycles. The van der Waals surface area contributed by atoms with Crippen LogP contribution in [0.25, 0.3) is 11.0 Å². The van der Waals surface area contributed by atoms with Gasteiger partial charge in [0.25, 0.3) is 11.5 Å². The fraction of sp³-hybridized carbons (Fsp3) is 0.438. The Balaban J connectivity index is 2.41. The molecule has 2 aromatic rings. The number of carboxylic acids is 1. The number of carboxylic acid groups (broad SMARTS) is 1. The third kappa shape index (κ3) is 3.59. The zero-order valence-corrected chi connectivity index (χ0v) is 14.3. The Labute approximate surface area is 142 Å². The molecule has 1 unspecified atom stereocenters. The van der Waals surface area contributed by atoms with E-state index in [9.17, 15) is 24.3 Å². The Kier molecular flexibility index (Phi) is 5.35. The van der Waals surface area contributed by atoms with Gasteiger partial charge in [-0.2, -0.15) is 0 Å². The number of nitrogens with one attached hydrogen (secondary N) is 1. The summed E-state index contributed by atoms with van der Waals surface area (Å²) in [5.74, 6) is -1.79. The third-order valence-electron chi connectivity index (χ3n) is 3.98. The van der Waals surface area contributed by atoms with Crippen molar-refractivity contribution in [3.05, 3.63) is 38.7 Å². The van der Waals surface area contributed by atoms with Crippen molar-refractivity contribution in [3.8, 4) is 0 Å². The number of fused-ring (bicyclic) bond motifs is 1. The van der Waals surface area contributed by atoms with Crippen LogP contribution >= 0.6 is 0 Å². The van der Waals surface area contributed by atoms with E-state index in [2.05, 4.69) is 10.3 Å². The zero-order chi connectivity index (χ0) is 18.7. The van der Waals surface area contributed by atoms with E-state index >= 15 is 0 Å². The lowest BCUT2D eigenvalue weighted by molar-refractivity contribution is -0.139. The predicted molar refractivity (Wildman–Crippen MR) is 90.6 cm³/mol. The molecule has 134 valence electrons. The molecule has 9 nitrogen and oxygen atoms in total. The van der Waals surface area contributed by atoms with Gasteiger partial charge in [-0.05, 0) is 18.6 Å². The van der Waals surface area contributed by atoms with Crippen LogP contribution in [0.15, 0.2) is 21.7 Å².